The SMILES string of the molecule is CC1O[C@H]([C@H]2OC(C)(C)O[C@]2(O)C(=O)O)[C@H](CO)O1. The van der Waals surface area contributed by atoms with Crippen molar-refractivity contribution in [2.75, 3.05) is 6.61 Å². The minimum atomic E-state index is -2.55. The monoisotopic (exact) mass is 278 g/mol. The molecule has 0 radical (unpaired) electrons. The first kappa shape index (κ1) is 14.6. The van der Waals surface area contributed by atoms with Crippen LogP contribution in [-0.2, 0) is 23.7 Å². The van der Waals surface area contributed by atoms with Gasteiger partial charge in [-0.25, -0.2) is 4.79 Å². The van der Waals surface area contributed by atoms with Gasteiger partial charge >= 0.3 is 5.97 Å². The van der Waals surface area contributed by atoms with Gasteiger partial charge in [-0.1, -0.05) is 0 Å². The molecule has 0 bridgehead atoms. The van der Waals surface area contributed by atoms with Crippen LogP contribution in [0, 0.1) is 0 Å². The average molecular weight is 278 g/mol. The number of hydrogen-bond donors (Lipinski definition) is 3. The van der Waals surface area contributed by atoms with Crippen LogP contribution >= 0.6 is 0 Å². The third kappa shape index (κ3) is 2.47. The maximum atomic E-state index is 11.2. The number of hydrogen-bond acceptors (Lipinski definition) is 7. The molecule has 0 aromatic rings. The molecule has 0 aromatic heterocycles. The van der Waals surface area contributed by atoms with E-state index in [0.717, 1.165) is 0 Å². The van der Waals surface area contributed by atoms with Crippen LogP contribution in [0.25, 0.3) is 0 Å². The summed E-state index contributed by atoms with van der Waals surface area (Å²) in [5.41, 5.74) is 0. The fraction of sp³-hybridized carbons (Fsp3) is 0.909. The molecule has 0 aromatic carbocycles. The van der Waals surface area contributed by atoms with E-state index in [1.807, 2.05) is 0 Å². The first-order valence-corrected chi connectivity index (χ1v) is 5.95. The molecule has 2 saturated heterocycles. The van der Waals surface area contributed by atoms with Gasteiger partial charge in [-0.2, -0.15) is 0 Å². The second-order valence-corrected chi connectivity index (χ2v) is 5.07. The topological polar surface area (TPSA) is 115 Å². The van der Waals surface area contributed by atoms with Gasteiger partial charge in [0.2, 0.25) is 0 Å². The minimum absolute atomic E-state index is 0.384. The van der Waals surface area contributed by atoms with Crippen molar-refractivity contribution in [1.82, 2.24) is 0 Å². The van der Waals surface area contributed by atoms with Crippen LogP contribution in [0.1, 0.15) is 20.8 Å². The van der Waals surface area contributed by atoms with Crippen LogP contribution in [-0.4, -0.2) is 64.1 Å². The molecule has 8 heteroatoms. The normalized spacial score (nSPS) is 45.5. The van der Waals surface area contributed by atoms with Crippen LogP contribution in [0.4, 0.5) is 0 Å². The summed E-state index contributed by atoms with van der Waals surface area (Å²) >= 11 is 0. The van der Waals surface area contributed by atoms with Gasteiger partial charge in [-0.05, 0) is 20.8 Å². The Balaban J connectivity index is 2.29. The summed E-state index contributed by atoms with van der Waals surface area (Å²) in [5, 5.41) is 28.5. The molecule has 2 heterocycles. The van der Waals surface area contributed by atoms with Crippen LogP contribution in [0.15, 0.2) is 0 Å². The zero-order valence-electron chi connectivity index (χ0n) is 10.9. The number of aliphatic carboxylic acids is 1. The summed E-state index contributed by atoms with van der Waals surface area (Å²) in [7, 11) is 0. The van der Waals surface area contributed by atoms with E-state index in [0.29, 0.717) is 0 Å². The van der Waals surface area contributed by atoms with E-state index in [4.69, 9.17) is 24.1 Å². The van der Waals surface area contributed by atoms with E-state index < -0.39 is 42.1 Å². The van der Waals surface area contributed by atoms with Gasteiger partial charge in [-0.3, -0.25) is 0 Å². The van der Waals surface area contributed by atoms with Crippen LogP contribution in [0.5, 0.6) is 0 Å². The summed E-state index contributed by atoms with van der Waals surface area (Å²) in [6.45, 7) is 4.18. The number of ether oxygens (including phenoxy) is 4. The molecule has 2 fully saturated rings. The molecule has 0 saturated carbocycles. The first-order valence-electron chi connectivity index (χ1n) is 5.95. The summed E-state index contributed by atoms with van der Waals surface area (Å²) in [5.74, 6) is -5.41. The highest BCUT2D eigenvalue weighted by Gasteiger charge is 2.63. The Hall–Kier alpha value is -0.770. The van der Waals surface area contributed by atoms with E-state index in [9.17, 15) is 15.0 Å². The molecule has 0 amide bonds. The highest BCUT2D eigenvalue weighted by atomic mass is 16.8. The quantitative estimate of drug-likeness (QED) is 0.604. The number of aliphatic hydroxyl groups is 2. The molecule has 19 heavy (non-hydrogen) atoms. The molecule has 0 aliphatic carbocycles. The molecule has 8 nitrogen and oxygen atoms in total. The standard InChI is InChI=1S/C11H18O8/c1-5-16-6(4-12)7(17-5)8-11(15,9(13)14)19-10(2,3)18-8/h5-8,12,15H,4H2,1-3H3,(H,13,14)/t5?,6-,7-,8+,11-/m0/s1. The maximum absolute atomic E-state index is 11.2. The average Bonchev–Trinajstić information content (AvgIpc) is 2.76. The van der Waals surface area contributed by atoms with Crippen molar-refractivity contribution < 1.29 is 39.1 Å². The molecule has 2 rings (SSSR count). The molecule has 0 spiro atoms. The van der Waals surface area contributed by atoms with Crippen LogP contribution in [0.2, 0.25) is 0 Å². The Kier molecular flexibility index (Phi) is 3.58. The van der Waals surface area contributed by atoms with Crippen molar-refractivity contribution in [2.24, 2.45) is 0 Å². The zero-order chi connectivity index (χ0) is 14.4. The van der Waals surface area contributed by atoms with Crippen LogP contribution < -0.4 is 0 Å². The van der Waals surface area contributed by atoms with Gasteiger partial charge in [-0.15, -0.1) is 0 Å². The Morgan fingerprint density at radius 1 is 1.32 bits per heavy atom. The Morgan fingerprint density at radius 3 is 2.47 bits per heavy atom. The number of rotatable bonds is 3. The number of carboxylic acids is 1. The van der Waals surface area contributed by atoms with Gasteiger partial charge in [0.1, 0.15) is 12.2 Å². The Bertz CT molecular complexity index is 370. The largest absolute Gasteiger partial charge is 0.477 e. The fourth-order valence-electron chi connectivity index (χ4n) is 2.38. The van der Waals surface area contributed by atoms with E-state index >= 15 is 0 Å². The molecule has 2 aliphatic rings. The minimum Gasteiger partial charge on any atom is -0.477 e. The lowest BCUT2D eigenvalue weighted by Crippen LogP contribution is -2.55. The third-order valence-electron chi connectivity index (χ3n) is 3.06. The summed E-state index contributed by atoms with van der Waals surface area (Å²) < 4.78 is 21.1. The lowest BCUT2D eigenvalue weighted by atomic mass is 10.0. The zero-order valence-corrected chi connectivity index (χ0v) is 10.9. The summed E-state index contributed by atoms with van der Waals surface area (Å²) in [6.07, 6.45) is -3.67. The van der Waals surface area contributed by atoms with Gasteiger partial charge in [0.05, 0.1) is 6.61 Å². The summed E-state index contributed by atoms with van der Waals surface area (Å²) in [4.78, 5) is 11.2. The van der Waals surface area contributed by atoms with Gasteiger partial charge in [0, 0.05) is 0 Å². The molecule has 3 N–H and O–H groups in total. The number of aliphatic hydroxyl groups excluding tert-OH is 1. The first-order chi connectivity index (χ1) is 8.69. The van der Waals surface area contributed by atoms with Crippen molar-refractivity contribution in [3.63, 3.8) is 0 Å². The Labute approximate surface area is 109 Å². The number of carbonyl (C=O) groups is 1. The molecular weight excluding hydrogens is 260 g/mol. The second-order valence-electron chi connectivity index (χ2n) is 5.07. The van der Waals surface area contributed by atoms with E-state index in [1.54, 1.807) is 6.92 Å². The molecule has 1 unspecified atom stereocenters. The van der Waals surface area contributed by atoms with E-state index in [2.05, 4.69) is 0 Å². The molecule has 5 atom stereocenters. The molecule has 110 valence electrons. The van der Waals surface area contributed by atoms with Crippen molar-refractivity contribution in [3.05, 3.63) is 0 Å². The van der Waals surface area contributed by atoms with Crippen molar-refractivity contribution in [2.45, 2.75) is 56.9 Å². The lowest BCUT2D eigenvalue weighted by Gasteiger charge is -2.27. The van der Waals surface area contributed by atoms with Crippen molar-refractivity contribution >= 4 is 5.97 Å². The van der Waals surface area contributed by atoms with Crippen molar-refractivity contribution in [1.29, 1.82) is 0 Å². The van der Waals surface area contributed by atoms with Gasteiger partial charge in [0.15, 0.2) is 18.2 Å². The summed E-state index contributed by atoms with van der Waals surface area (Å²) in [6, 6.07) is 0. The Morgan fingerprint density at radius 2 is 1.95 bits per heavy atom. The predicted octanol–water partition coefficient (Wildman–Crippen LogP) is -0.967. The highest BCUT2D eigenvalue weighted by Crippen LogP contribution is 2.40. The number of carboxylic acid groups (broad SMARTS) is 1. The predicted molar refractivity (Wildman–Crippen MR) is 58.9 cm³/mol. The third-order valence-corrected chi connectivity index (χ3v) is 3.06. The fourth-order valence-corrected chi connectivity index (χ4v) is 2.38. The van der Waals surface area contributed by atoms with Gasteiger partial charge < -0.3 is 34.3 Å². The molecule has 2 aliphatic heterocycles. The second kappa shape index (κ2) is 4.65. The maximum Gasteiger partial charge on any atom is 0.367 e. The van der Waals surface area contributed by atoms with E-state index in [1.165, 1.54) is 13.8 Å². The van der Waals surface area contributed by atoms with Crippen LogP contribution in [0.3, 0.4) is 0 Å². The highest BCUT2D eigenvalue weighted by molar-refractivity contribution is 5.76. The smallest absolute Gasteiger partial charge is 0.367 e. The van der Waals surface area contributed by atoms with E-state index in [-0.39, 0.29) is 6.61 Å². The molecular formula is C11H18O8. The van der Waals surface area contributed by atoms with Gasteiger partial charge in [0.25, 0.3) is 5.79 Å². The van der Waals surface area contributed by atoms with Crippen molar-refractivity contribution in [3.8, 4) is 0 Å². The lowest BCUT2D eigenvalue weighted by molar-refractivity contribution is -0.242.